The van der Waals surface area contributed by atoms with E-state index in [1.807, 2.05) is 67.7 Å². The van der Waals surface area contributed by atoms with Gasteiger partial charge in [0.1, 0.15) is 5.25 Å². The molecule has 8 heteroatoms. The van der Waals surface area contributed by atoms with E-state index in [0.29, 0.717) is 0 Å². The van der Waals surface area contributed by atoms with E-state index < -0.39 is 0 Å². The molecule has 1 atom stereocenters. The van der Waals surface area contributed by atoms with E-state index in [2.05, 4.69) is 20.2 Å². The number of pyridine rings is 1. The zero-order valence-corrected chi connectivity index (χ0v) is 17.2. The molecular weight excluding hydrogens is 400 g/mol. The third-order valence-corrected chi connectivity index (χ3v) is 5.82. The second kappa shape index (κ2) is 10.4. The lowest BCUT2D eigenvalue weighted by molar-refractivity contribution is -0.123. The number of carboxylic acid groups (broad SMARTS) is 1. The maximum absolute atomic E-state index is 13.1. The molecule has 0 fully saturated rings. The molecule has 0 bridgehead atoms. The monoisotopic (exact) mass is 422 g/mol. The Morgan fingerprint density at radius 3 is 2.67 bits per heavy atom. The van der Waals surface area contributed by atoms with Gasteiger partial charge in [-0.25, -0.2) is 0 Å². The molecule has 1 unspecified atom stereocenters. The number of aliphatic imine (C=N–C) groups is 1. The highest BCUT2D eigenvalue weighted by Gasteiger charge is 2.26. The van der Waals surface area contributed by atoms with E-state index in [4.69, 9.17) is 9.90 Å². The van der Waals surface area contributed by atoms with Crippen molar-refractivity contribution >= 4 is 45.9 Å². The molecule has 2 heterocycles. The van der Waals surface area contributed by atoms with Crippen LogP contribution in [0.25, 0.3) is 10.9 Å². The van der Waals surface area contributed by atoms with Gasteiger partial charge in [0.15, 0.2) is 5.17 Å². The zero-order valence-electron chi connectivity index (χ0n) is 16.4. The van der Waals surface area contributed by atoms with Gasteiger partial charge in [0.05, 0.1) is 12.1 Å². The van der Waals surface area contributed by atoms with Gasteiger partial charge in [-0.1, -0.05) is 54.2 Å². The van der Waals surface area contributed by atoms with Crippen LogP contribution < -0.4 is 5.32 Å². The van der Waals surface area contributed by atoms with E-state index in [9.17, 15) is 4.79 Å². The molecule has 1 amide bonds. The maximum Gasteiger partial charge on any atom is 0.290 e. The van der Waals surface area contributed by atoms with E-state index in [0.717, 1.165) is 40.4 Å². The molecule has 4 rings (SSSR count). The fraction of sp³-hybridized carbons (Fsp3) is 0.182. The van der Waals surface area contributed by atoms with Crippen molar-refractivity contribution in [3.05, 3.63) is 72.4 Å². The van der Waals surface area contributed by atoms with Crippen LogP contribution in [0.15, 0.2) is 71.9 Å². The predicted molar refractivity (Wildman–Crippen MR) is 121 cm³/mol. The number of carbonyl (C=O) groups is 2. The topological polar surface area (TPSA) is 94.9 Å². The summed E-state index contributed by atoms with van der Waals surface area (Å²) in [7, 11) is 2.01. The van der Waals surface area contributed by atoms with Gasteiger partial charge in [-0.15, -0.1) is 0 Å². The van der Waals surface area contributed by atoms with Gasteiger partial charge in [-0.05, 0) is 23.8 Å². The van der Waals surface area contributed by atoms with Crippen LogP contribution in [0.5, 0.6) is 0 Å². The smallest absolute Gasteiger partial charge is 0.290 e. The minimum absolute atomic E-state index is 0.0653. The number of nitrogens with zero attached hydrogens (tertiary/aromatic N) is 3. The first-order valence-electron chi connectivity index (χ1n) is 9.33. The number of hydrogen-bond donors (Lipinski definition) is 2. The Hall–Kier alpha value is -3.39. The summed E-state index contributed by atoms with van der Waals surface area (Å²) in [5, 5.41) is 11.5. The molecule has 3 aromatic rings. The van der Waals surface area contributed by atoms with Crippen LogP contribution in [0, 0.1) is 0 Å². The number of anilines is 1. The molecular formula is C22H22N4O3S. The van der Waals surface area contributed by atoms with Gasteiger partial charge in [0.2, 0.25) is 5.91 Å². The van der Waals surface area contributed by atoms with Crippen LogP contribution in [0.3, 0.4) is 0 Å². The highest BCUT2D eigenvalue weighted by molar-refractivity contribution is 8.14. The van der Waals surface area contributed by atoms with Crippen molar-refractivity contribution in [1.82, 2.24) is 9.88 Å². The van der Waals surface area contributed by atoms with Crippen LogP contribution in [0.4, 0.5) is 5.69 Å². The first-order valence-corrected chi connectivity index (χ1v) is 10.2. The molecule has 0 radical (unpaired) electrons. The summed E-state index contributed by atoms with van der Waals surface area (Å²) < 4.78 is 0. The van der Waals surface area contributed by atoms with Crippen LogP contribution in [-0.4, -0.2) is 52.7 Å². The minimum Gasteiger partial charge on any atom is -0.483 e. The van der Waals surface area contributed by atoms with Crippen molar-refractivity contribution in [1.29, 1.82) is 0 Å². The number of fused-ring (bicyclic) bond motifs is 1. The summed E-state index contributed by atoms with van der Waals surface area (Å²) in [4.78, 5) is 32.5. The highest BCUT2D eigenvalue weighted by Crippen LogP contribution is 2.33. The Balaban J connectivity index is 0.000000806. The first kappa shape index (κ1) is 21.3. The molecule has 2 aromatic carbocycles. The molecule has 0 saturated carbocycles. The summed E-state index contributed by atoms with van der Waals surface area (Å²) >= 11 is 1.49. The highest BCUT2D eigenvalue weighted by atomic mass is 32.2. The Bertz CT molecular complexity index is 1040. The van der Waals surface area contributed by atoms with Crippen molar-refractivity contribution in [3.8, 4) is 0 Å². The number of nitrogens with one attached hydrogen (secondary N) is 1. The van der Waals surface area contributed by atoms with E-state index in [1.54, 1.807) is 6.20 Å². The summed E-state index contributed by atoms with van der Waals surface area (Å²) in [6, 6.07) is 19.5. The van der Waals surface area contributed by atoms with Crippen LogP contribution >= 0.6 is 11.8 Å². The molecule has 1 aromatic heterocycles. The van der Waals surface area contributed by atoms with Crippen molar-refractivity contribution in [2.75, 3.05) is 25.5 Å². The summed E-state index contributed by atoms with van der Waals surface area (Å²) in [6.45, 7) is 1.42. The lowest BCUT2D eigenvalue weighted by Gasteiger charge is -2.20. The number of carbonyl (C=O) groups excluding carboxylic acids is 1. The van der Waals surface area contributed by atoms with Crippen molar-refractivity contribution in [2.45, 2.75) is 5.25 Å². The molecule has 0 spiro atoms. The second-order valence-corrected chi connectivity index (χ2v) is 7.57. The van der Waals surface area contributed by atoms with Crippen LogP contribution in [0.2, 0.25) is 0 Å². The minimum atomic E-state index is -0.370. The number of thioether (sulfide) groups is 1. The molecule has 30 heavy (non-hydrogen) atoms. The van der Waals surface area contributed by atoms with Gasteiger partial charge in [0.25, 0.3) is 6.47 Å². The quantitative estimate of drug-likeness (QED) is 0.623. The van der Waals surface area contributed by atoms with Crippen molar-refractivity contribution in [3.63, 3.8) is 0 Å². The maximum atomic E-state index is 13.1. The number of rotatable bonds is 4. The van der Waals surface area contributed by atoms with Crippen LogP contribution in [-0.2, 0) is 9.59 Å². The Morgan fingerprint density at radius 2 is 1.97 bits per heavy atom. The largest absolute Gasteiger partial charge is 0.483 e. The van der Waals surface area contributed by atoms with Crippen LogP contribution in [0.1, 0.15) is 10.8 Å². The van der Waals surface area contributed by atoms with Gasteiger partial charge in [0, 0.05) is 30.9 Å². The van der Waals surface area contributed by atoms with Gasteiger partial charge < -0.3 is 15.3 Å². The molecule has 154 valence electrons. The van der Waals surface area contributed by atoms with E-state index in [-0.39, 0.29) is 17.6 Å². The summed E-state index contributed by atoms with van der Waals surface area (Å²) in [5.41, 5.74) is 2.57. The molecule has 1 aliphatic heterocycles. The zero-order chi connectivity index (χ0) is 21.3. The lowest BCUT2D eigenvalue weighted by atomic mass is 10.1. The third kappa shape index (κ3) is 5.36. The fourth-order valence-corrected chi connectivity index (χ4v) is 4.10. The van der Waals surface area contributed by atoms with Crippen molar-refractivity contribution in [2.24, 2.45) is 4.99 Å². The lowest BCUT2D eigenvalue weighted by Crippen LogP contribution is -2.25. The number of amides is 1. The molecule has 2 N–H and O–H groups in total. The number of hydrogen-bond acceptors (Lipinski definition) is 6. The number of aromatic nitrogens is 1. The Labute approximate surface area is 178 Å². The first-order chi connectivity index (χ1) is 14.6. The number of benzene rings is 2. The third-order valence-electron chi connectivity index (χ3n) is 4.45. The molecule has 0 saturated heterocycles. The normalized spacial score (nSPS) is 13.8. The summed E-state index contributed by atoms with van der Waals surface area (Å²) in [5.74, 6) is -0.0653. The molecule has 1 aliphatic rings. The summed E-state index contributed by atoms with van der Waals surface area (Å²) in [6.07, 6.45) is 1.75. The van der Waals surface area contributed by atoms with Gasteiger partial charge in [-0.3, -0.25) is 19.6 Å². The van der Waals surface area contributed by atoms with Gasteiger partial charge in [-0.2, -0.15) is 0 Å². The fourth-order valence-electron chi connectivity index (χ4n) is 3.00. The second-order valence-electron chi connectivity index (χ2n) is 6.50. The average molecular weight is 423 g/mol. The number of likely N-dealkylation sites (N-methyl/N-ethyl adjacent to an activating group) is 1. The molecule has 7 nitrogen and oxygen atoms in total. The van der Waals surface area contributed by atoms with Gasteiger partial charge >= 0.3 is 0 Å². The number of amidine groups is 1. The standard InChI is InChI=1S/C21H20N4OS.CH2O2/c1-25-13-12-23-21(25)27-19(16-6-3-2-4-7-16)20(26)24-17-10-9-15-8-5-11-22-18(15)14-17;2-1-3/h2-11,14,19H,12-13H2,1H3,(H,24,26);1H,(H,2,3). The average Bonchev–Trinajstić information content (AvgIpc) is 3.17. The Kier molecular flexibility index (Phi) is 7.40. The Morgan fingerprint density at radius 1 is 1.20 bits per heavy atom. The SMILES string of the molecule is CN1CCN=C1SC(C(=O)Nc1ccc2cccnc2c1)c1ccccc1.O=CO. The van der Waals surface area contributed by atoms with Crippen molar-refractivity contribution < 1.29 is 14.7 Å². The predicted octanol–water partition coefficient (Wildman–Crippen LogP) is 3.65. The van der Waals surface area contributed by atoms with E-state index in [1.165, 1.54) is 11.8 Å². The van der Waals surface area contributed by atoms with E-state index >= 15 is 0 Å². The molecule has 0 aliphatic carbocycles.